The fraction of sp³-hybridized carbons (Fsp3) is 0.846. The molecule has 104 valence electrons. The normalized spacial score (nSPS) is 24.4. The summed E-state index contributed by atoms with van der Waals surface area (Å²) in [5.41, 5.74) is 4.69. The summed E-state index contributed by atoms with van der Waals surface area (Å²) in [5.74, 6) is -0.938. The van der Waals surface area contributed by atoms with Gasteiger partial charge in [0.1, 0.15) is 12.3 Å². The van der Waals surface area contributed by atoms with Gasteiger partial charge in [-0.1, -0.05) is 6.42 Å². The minimum absolute atomic E-state index is 0.105. The zero-order valence-electron chi connectivity index (χ0n) is 11.4. The van der Waals surface area contributed by atoms with Crippen LogP contribution in [0, 0.1) is 11.8 Å². The highest BCUT2D eigenvalue weighted by atomic mass is 16.6. The molecular weight excluding hydrogens is 234 g/mol. The van der Waals surface area contributed by atoms with Crippen LogP contribution in [0.15, 0.2) is 0 Å². The Morgan fingerprint density at radius 3 is 2.22 bits per heavy atom. The van der Waals surface area contributed by atoms with Gasteiger partial charge in [-0.05, 0) is 40.0 Å². The van der Waals surface area contributed by atoms with E-state index in [1.807, 2.05) is 20.8 Å². The molecule has 2 atom stereocenters. The summed E-state index contributed by atoms with van der Waals surface area (Å²) < 4.78 is 10.1. The van der Waals surface area contributed by atoms with Crippen LogP contribution in [0.1, 0.15) is 46.5 Å². The number of esters is 2. The lowest BCUT2D eigenvalue weighted by Gasteiger charge is -2.29. The zero-order chi connectivity index (χ0) is 13.8. The van der Waals surface area contributed by atoms with Crippen molar-refractivity contribution in [2.24, 2.45) is 17.6 Å². The van der Waals surface area contributed by atoms with Gasteiger partial charge in [0, 0.05) is 0 Å². The number of carbonyl (C=O) groups is 2. The number of carbonyl (C=O) groups excluding carboxylic acids is 2. The molecule has 1 rings (SSSR count). The average Bonchev–Trinajstić information content (AvgIpc) is 2.27. The summed E-state index contributed by atoms with van der Waals surface area (Å²) in [5, 5.41) is 0. The van der Waals surface area contributed by atoms with E-state index in [0.717, 1.165) is 19.3 Å². The van der Waals surface area contributed by atoms with Crippen molar-refractivity contribution in [1.29, 1.82) is 0 Å². The van der Waals surface area contributed by atoms with Crippen LogP contribution in [-0.4, -0.2) is 24.3 Å². The van der Waals surface area contributed by atoms with Gasteiger partial charge >= 0.3 is 11.9 Å². The number of nitrogens with two attached hydrogens (primary N) is 1. The van der Waals surface area contributed by atoms with Crippen LogP contribution in [0.5, 0.6) is 0 Å². The molecule has 1 aliphatic rings. The highest BCUT2D eigenvalue weighted by Crippen LogP contribution is 2.31. The van der Waals surface area contributed by atoms with Crippen LogP contribution in [0.3, 0.4) is 0 Å². The second-order valence-corrected chi connectivity index (χ2v) is 5.72. The van der Waals surface area contributed by atoms with E-state index in [-0.39, 0.29) is 30.5 Å². The molecule has 1 aliphatic carbocycles. The molecule has 2 N–H and O–H groups in total. The van der Waals surface area contributed by atoms with Gasteiger partial charge in [0.05, 0.1) is 11.8 Å². The molecule has 0 heterocycles. The first-order chi connectivity index (χ1) is 8.33. The van der Waals surface area contributed by atoms with Crippen LogP contribution in [0.25, 0.3) is 0 Å². The Labute approximate surface area is 108 Å². The highest BCUT2D eigenvalue weighted by Gasteiger charge is 2.34. The van der Waals surface area contributed by atoms with Gasteiger partial charge in [-0.15, -0.1) is 0 Å². The minimum atomic E-state index is -0.484. The Hall–Kier alpha value is -1.10. The summed E-state index contributed by atoms with van der Waals surface area (Å²) in [6, 6.07) is 0. The van der Waals surface area contributed by atoms with Crippen LogP contribution in [0.4, 0.5) is 0 Å². The van der Waals surface area contributed by atoms with Crippen molar-refractivity contribution in [3.8, 4) is 0 Å². The molecule has 0 spiro atoms. The monoisotopic (exact) mass is 257 g/mol. The molecule has 0 saturated heterocycles. The van der Waals surface area contributed by atoms with Crippen molar-refractivity contribution >= 4 is 11.9 Å². The van der Waals surface area contributed by atoms with Crippen LogP contribution in [-0.2, 0) is 19.1 Å². The minimum Gasteiger partial charge on any atom is -0.460 e. The maximum absolute atomic E-state index is 11.9. The van der Waals surface area contributed by atoms with E-state index in [2.05, 4.69) is 0 Å². The molecule has 0 bridgehead atoms. The lowest BCUT2D eigenvalue weighted by molar-refractivity contribution is -0.163. The van der Waals surface area contributed by atoms with Crippen molar-refractivity contribution in [2.75, 3.05) is 6.73 Å². The highest BCUT2D eigenvalue weighted by molar-refractivity contribution is 5.76. The van der Waals surface area contributed by atoms with Gasteiger partial charge in [-0.25, -0.2) is 0 Å². The van der Waals surface area contributed by atoms with E-state index in [1.165, 1.54) is 0 Å². The van der Waals surface area contributed by atoms with Gasteiger partial charge < -0.3 is 9.47 Å². The van der Waals surface area contributed by atoms with Crippen LogP contribution in [0.2, 0.25) is 0 Å². The summed E-state index contributed by atoms with van der Waals surface area (Å²) in [6.07, 6.45) is 2.89. The molecule has 0 radical (unpaired) electrons. The molecule has 0 aromatic carbocycles. The molecule has 1 saturated carbocycles. The van der Waals surface area contributed by atoms with Gasteiger partial charge in [-0.2, -0.15) is 0 Å². The molecule has 0 aliphatic heterocycles. The number of hydrogen-bond acceptors (Lipinski definition) is 5. The molecular formula is C13H23NO4. The van der Waals surface area contributed by atoms with E-state index < -0.39 is 5.60 Å². The van der Waals surface area contributed by atoms with E-state index in [4.69, 9.17) is 15.2 Å². The molecule has 0 amide bonds. The summed E-state index contributed by atoms with van der Waals surface area (Å²) in [6.45, 7) is 5.42. The van der Waals surface area contributed by atoms with E-state index in [9.17, 15) is 9.59 Å². The number of rotatable bonds is 3. The third kappa shape index (κ3) is 4.64. The standard InChI is InChI=1S/C13H23NO4/c1-13(2,3)18-12(16)10-6-4-5-9(7-10)11(15)17-8-14/h9-10H,4-8,14H2,1-3H3/t9-,10-/m0/s1. The van der Waals surface area contributed by atoms with Crippen LogP contribution < -0.4 is 5.73 Å². The van der Waals surface area contributed by atoms with E-state index in [1.54, 1.807) is 0 Å². The van der Waals surface area contributed by atoms with Gasteiger partial charge in [0.2, 0.25) is 0 Å². The second-order valence-electron chi connectivity index (χ2n) is 5.72. The van der Waals surface area contributed by atoms with Crippen molar-refractivity contribution in [2.45, 2.75) is 52.1 Å². The Bertz CT molecular complexity index is 309. The smallest absolute Gasteiger partial charge is 0.310 e. The number of hydrogen-bond donors (Lipinski definition) is 1. The predicted molar refractivity (Wildman–Crippen MR) is 66.4 cm³/mol. The van der Waals surface area contributed by atoms with Gasteiger partial charge in [0.15, 0.2) is 0 Å². The topological polar surface area (TPSA) is 78.6 Å². The largest absolute Gasteiger partial charge is 0.460 e. The Balaban J connectivity index is 2.53. The zero-order valence-corrected chi connectivity index (χ0v) is 11.4. The number of ether oxygens (including phenoxy) is 2. The fourth-order valence-electron chi connectivity index (χ4n) is 2.20. The SMILES string of the molecule is CC(C)(C)OC(=O)[C@H]1CCC[C@H](C(=O)OCN)C1. The first-order valence-electron chi connectivity index (χ1n) is 6.43. The van der Waals surface area contributed by atoms with Gasteiger partial charge in [0.25, 0.3) is 0 Å². The van der Waals surface area contributed by atoms with Crippen molar-refractivity contribution in [3.63, 3.8) is 0 Å². The van der Waals surface area contributed by atoms with E-state index in [0.29, 0.717) is 6.42 Å². The van der Waals surface area contributed by atoms with Gasteiger partial charge in [-0.3, -0.25) is 15.3 Å². The Kier molecular flexibility index (Phi) is 5.14. The quantitative estimate of drug-likeness (QED) is 0.613. The van der Waals surface area contributed by atoms with Crippen molar-refractivity contribution in [3.05, 3.63) is 0 Å². The maximum Gasteiger partial charge on any atom is 0.310 e. The first-order valence-corrected chi connectivity index (χ1v) is 6.43. The lowest BCUT2D eigenvalue weighted by Crippen LogP contribution is -2.34. The molecule has 0 aromatic heterocycles. The Morgan fingerprint density at radius 2 is 1.72 bits per heavy atom. The van der Waals surface area contributed by atoms with Crippen molar-refractivity contribution in [1.82, 2.24) is 0 Å². The first kappa shape index (κ1) is 15.0. The predicted octanol–water partition coefficient (Wildman–Crippen LogP) is 1.59. The molecule has 18 heavy (non-hydrogen) atoms. The fourth-order valence-corrected chi connectivity index (χ4v) is 2.20. The third-order valence-corrected chi connectivity index (χ3v) is 2.97. The third-order valence-electron chi connectivity index (χ3n) is 2.97. The lowest BCUT2D eigenvalue weighted by atomic mass is 9.81. The molecule has 0 aromatic rings. The molecule has 5 nitrogen and oxygen atoms in total. The van der Waals surface area contributed by atoms with Crippen molar-refractivity contribution < 1.29 is 19.1 Å². The summed E-state index contributed by atoms with van der Waals surface area (Å²) in [4.78, 5) is 23.5. The molecule has 0 unspecified atom stereocenters. The molecule has 5 heteroatoms. The van der Waals surface area contributed by atoms with E-state index >= 15 is 0 Å². The maximum atomic E-state index is 11.9. The average molecular weight is 257 g/mol. The molecule has 1 fully saturated rings. The summed E-state index contributed by atoms with van der Waals surface area (Å²) in [7, 11) is 0. The van der Waals surface area contributed by atoms with Crippen LogP contribution >= 0.6 is 0 Å². The summed E-state index contributed by atoms with van der Waals surface area (Å²) >= 11 is 0. The second kappa shape index (κ2) is 6.18. The Morgan fingerprint density at radius 1 is 1.17 bits per heavy atom.